The summed E-state index contributed by atoms with van der Waals surface area (Å²) < 4.78 is 11.0. The van der Waals surface area contributed by atoms with Crippen molar-refractivity contribution >= 4 is 11.8 Å². The van der Waals surface area contributed by atoms with Gasteiger partial charge in [0, 0.05) is 17.7 Å². The van der Waals surface area contributed by atoms with Crippen molar-refractivity contribution in [2.45, 2.75) is 18.6 Å². The number of ether oxygens (including phenoxy) is 2. The van der Waals surface area contributed by atoms with E-state index in [9.17, 15) is 9.59 Å². The molecule has 0 spiro atoms. The van der Waals surface area contributed by atoms with E-state index in [0.29, 0.717) is 29.2 Å². The van der Waals surface area contributed by atoms with Crippen molar-refractivity contribution in [3.05, 3.63) is 131 Å². The molecule has 2 amide bonds. The summed E-state index contributed by atoms with van der Waals surface area (Å²) in [7, 11) is 3.07. The van der Waals surface area contributed by atoms with Crippen LogP contribution >= 0.6 is 0 Å². The molecule has 5 rings (SSSR count). The SMILES string of the molecule is COc1cc2c(cc1OC)C(C(=O)NCc1ccccc1)N(C(c1ccccc1)c1ccccc1)C2=O. The largest absolute Gasteiger partial charge is 0.493 e. The Morgan fingerprint density at radius 2 is 1.32 bits per heavy atom. The number of nitrogens with zero attached hydrogens (tertiary/aromatic N) is 1. The van der Waals surface area contributed by atoms with E-state index >= 15 is 0 Å². The zero-order valence-corrected chi connectivity index (χ0v) is 20.8. The van der Waals surface area contributed by atoms with Crippen molar-refractivity contribution in [1.82, 2.24) is 10.2 Å². The van der Waals surface area contributed by atoms with Crippen molar-refractivity contribution in [2.24, 2.45) is 0 Å². The first kappa shape index (κ1) is 24.1. The Labute approximate surface area is 216 Å². The van der Waals surface area contributed by atoms with Gasteiger partial charge in [-0.05, 0) is 28.8 Å². The van der Waals surface area contributed by atoms with E-state index in [1.165, 1.54) is 7.11 Å². The minimum absolute atomic E-state index is 0.242. The van der Waals surface area contributed by atoms with Gasteiger partial charge < -0.3 is 19.7 Å². The second kappa shape index (κ2) is 10.6. The molecule has 0 aromatic heterocycles. The average Bonchev–Trinajstić information content (AvgIpc) is 3.23. The zero-order valence-electron chi connectivity index (χ0n) is 20.8. The molecule has 1 aliphatic heterocycles. The van der Waals surface area contributed by atoms with E-state index in [2.05, 4.69) is 5.32 Å². The number of carbonyl (C=O) groups is 2. The Hall–Kier alpha value is -4.58. The molecule has 0 aliphatic carbocycles. The zero-order chi connectivity index (χ0) is 25.8. The lowest BCUT2D eigenvalue weighted by atomic mass is 9.95. The van der Waals surface area contributed by atoms with Crippen LogP contribution in [0.15, 0.2) is 103 Å². The quantitative estimate of drug-likeness (QED) is 0.362. The molecule has 4 aromatic rings. The summed E-state index contributed by atoms with van der Waals surface area (Å²) in [4.78, 5) is 29.6. The summed E-state index contributed by atoms with van der Waals surface area (Å²) in [5.41, 5.74) is 3.81. The summed E-state index contributed by atoms with van der Waals surface area (Å²) in [6, 6.07) is 31.3. The molecule has 1 atom stereocenters. The molecule has 1 heterocycles. The molecule has 186 valence electrons. The lowest BCUT2D eigenvalue weighted by Gasteiger charge is -2.33. The highest BCUT2D eigenvalue weighted by atomic mass is 16.5. The maximum Gasteiger partial charge on any atom is 0.256 e. The minimum atomic E-state index is -0.864. The number of rotatable bonds is 8. The highest BCUT2D eigenvalue weighted by molar-refractivity contribution is 6.05. The number of hydrogen-bond acceptors (Lipinski definition) is 4. The number of amides is 2. The highest BCUT2D eigenvalue weighted by Crippen LogP contribution is 2.46. The van der Waals surface area contributed by atoms with Crippen LogP contribution in [-0.4, -0.2) is 30.9 Å². The van der Waals surface area contributed by atoms with Gasteiger partial charge in [0.05, 0.1) is 20.3 Å². The Morgan fingerprint density at radius 1 is 0.811 bits per heavy atom. The Kier molecular flexibility index (Phi) is 6.90. The Morgan fingerprint density at radius 3 is 1.86 bits per heavy atom. The van der Waals surface area contributed by atoms with Gasteiger partial charge in [-0.1, -0.05) is 91.0 Å². The molecule has 0 bridgehead atoms. The molecule has 37 heavy (non-hydrogen) atoms. The molecule has 0 saturated heterocycles. The highest BCUT2D eigenvalue weighted by Gasteiger charge is 2.46. The summed E-state index contributed by atoms with van der Waals surface area (Å²) in [6.07, 6.45) is 0. The van der Waals surface area contributed by atoms with Crippen LogP contribution in [0.25, 0.3) is 0 Å². The fourth-order valence-corrected chi connectivity index (χ4v) is 4.91. The van der Waals surface area contributed by atoms with Crippen LogP contribution in [0, 0.1) is 0 Å². The molecule has 4 aromatic carbocycles. The summed E-state index contributed by atoms with van der Waals surface area (Å²) in [6.45, 7) is 0.349. The van der Waals surface area contributed by atoms with Crippen molar-refractivity contribution in [3.63, 3.8) is 0 Å². The number of methoxy groups -OCH3 is 2. The molecular formula is C31H28N2O4. The van der Waals surface area contributed by atoms with Crippen molar-refractivity contribution < 1.29 is 19.1 Å². The van der Waals surface area contributed by atoms with Crippen LogP contribution in [0.4, 0.5) is 0 Å². The predicted molar refractivity (Wildman–Crippen MR) is 141 cm³/mol. The van der Waals surface area contributed by atoms with Gasteiger partial charge in [-0.15, -0.1) is 0 Å². The van der Waals surface area contributed by atoms with Crippen LogP contribution in [0.2, 0.25) is 0 Å². The van der Waals surface area contributed by atoms with Crippen LogP contribution in [0.1, 0.15) is 44.7 Å². The number of fused-ring (bicyclic) bond motifs is 1. The molecule has 1 aliphatic rings. The third-order valence-corrected chi connectivity index (χ3v) is 6.66. The third kappa shape index (κ3) is 4.66. The van der Waals surface area contributed by atoms with Gasteiger partial charge in [0.25, 0.3) is 5.91 Å². The van der Waals surface area contributed by atoms with Crippen molar-refractivity contribution in [2.75, 3.05) is 14.2 Å². The fourth-order valence-electron chi connectivity index (χ4n) is 4.91. The van der Waals surface area contributed by atoms with Gasteiger partial charge in [0.15, 0.2) is 11.5 Å². The molecule has 1 unspecified atom stereocenters. The minimum Gasteiger partial charge on any atom is -0.493 e. The van der Waals surface area contributed by atoms with Gasteiger partial charge in [0.2, 0.25) is 5.91 Å². The molecule has 6 nitrogen and oxygen atoms in total. The van der Waals surface area contributed by atoms with Crippen LogP contribution < -0.4 is 14.8 Å². The van der Waals surface area contributed by atoms with Crippen molar-refractivity contribution in [3.8, 4) is 11.5 Å². The number of nitrogens with one attached hydrogen (secondary N) is 1. The number of carbonyl (C=O) groups excluding carboxylic acids is 2. The first-order valence-electron chi connectivity index (χ1n) is 12.1. The van der Waals surface area contributed by atoms with Gasteiger partial charge in [-0.25, -0.2) is 0 Å². The van der Waals surface area contributed by atoms with Gasteiger partial charge in [0.1, 0.15) is 6.04 Å². The molecule has 0 fully saturated rings. The third-order valence-electron chi connectivity index (χ3n) is 6.66. The normalized spacial score (nSPS) is 14.4. The lowest BCUT2D eigenvalue weighted by molar-refractivity contribution is -0.126. The van der Waals surface area contributed by atoms with Gasteiger partial charge in [-0.3, -0.25) is 9.59 Å². The maximum atomic E-state index is 14.1. The number of benzene rings is 4. The van der Waals surface area contributed by atoms with E-state index in [4.69, 9.17) is 9.47 Å². The van der Waals surface area contributed by atoms with E-state index in [1.54, 1.807) is 24.1 Å². The van der Waals surface area contributed by atoms with E-state index < -0.39 is 12.1 Å². The molecule has 0 saturated carbocycles. The van der Waals surface area contributed by atoms with Gasteiger partial charge >= 0.3 is 0 Å². The molecule has 1 N–H and O–H groups in total. The van der Waals surface area contributed by atoms with Crippen LogP contribution in [0.3, 0.4) is 0 Å². The average molecular weight is 493 g/mol. The standard InChI is InChI=1S/C31H28N2O4/c1-36-26-18-24-25(19-27(26)37-2)31(35)33(29(24)30(34)32-20-21-12-6-3-7-13-21)28(22-14-8-4-9-15-22)23-16-10-5-11-17-23/h3-19,28-29H,20H2,1-2H3,(H,32,34). The van der Waals surface area contributed by atoms with Crippen LogP contribution in [0.5, 0.6) is 11.5 Å². The first-order valence-corrected chi connectivity index (χ1v) is 12.1. The maximum absolute atomic E-state index is 14.1. The first-order chi connectivity index (χ1) is 18.1. The smallest absolute Gasteiger partial charge is 0.256 e. The molecule has 0 radical (unpaired) electrons. The molecule has 6 heteroatoms. The topological polar surface area (TPSA) is 67.9 Å². The summed E-state index contributed by atoms with van der Waals surface area (Å²) in [5, 5.41) is 3.05. The van der Waals surface area contributed by atoms with Crippen LogP contribution in [-0.2, 0) is 11.3 Å². The Balaban J connectivity index is 1.63. The summed E-state index contributed by atoms with van der Waals surface area (Å²) >= 11 is 0. The second-order valence-electron chi connectivity index (χ2n) is 8.84. The van der Waals surface area contributed by atoms with E-state index in [0.717, 1.165) is 16.7 Å². The van der Waals surface area contributed by atoms with E-state index in [1.807, 2.05) is 91.0 Å². The monoisotopic (exact) mass is 492 g/mol. The fraction of sp³-hybridized carbons (Fsp3) is 0.161. The van der Waals surface area contributed by atoms with Crippen molar-refractivity contribution in [1.29, 1.82) is 0 Å². The second-order valence-corrected chi connectivity index (χ2v) is 8.84. The molecular weight excluding hydrogens is 464 g/mol. The predicted octanol–water partition coefficient (Wildman–Crippen LogP) is 5.31. The van der Waals surface area contributed by atoms with E-state index in [-0.39, 0.29) is 11.8 Å². The Bertz CT molecular complexity index is 1350. The summed E-state index contributed by atoms with van der Waals surface area (Å²) in [5.74, 6) is 0.400. The van der Waals surface area contributed by atoms with Gasteiger partial charge in [-0.2, -0.15) is 0 Å². The number of hydrogen-bond donors (Lipinski definition) is 1. The lowest BCUT2D eigenvalue weighted by Crippen LogP contribution is -2.41.